The Morgan fingerprint density at radius 3 is 2.67 bits per heavy atom. The summed E-state index contributed by atoms with van der Waals surface area (Å²) >= 11 is 0. The lowest BCUT2D eigenvalue weighted by Crippen LogP contribution is -2.13. The highest BCUT2D eigenvalue weighted by molar-refractivity contribution is 5.76. The molecule has 4 nitrogen and oxygen atoms in total. The van der Waals surface area contributed by atoms with Gasteiger partial charge in [-0.3, -0.25) is 5.41 Å². The molecule has 0 aliphatic heterocycles. The van der Waals surface area contributed by atoms with E-state index in [1.54, 1.807) is 0 Å². The van der Waals surface area contributed by atoms with Gasteiger partial charge in [0.05, 0.1) is 25.7 Å². The molecule has 0 unspecified atom stereocenters. The van der Waals surface area contributed by atoms with Crippen LogP contribution in [0.1, 0.15) is 6.42 Å². The van der Waals surface area contributed by atoms with Crippen LogP contribution >= 0.6 is 0 Å². The number of rotatable bonds is 5. The fourth-order valence-corrected chi connectivity index (χ4v) is 0.349. The van der Waals surface area contributed by atoms with E-state index in [-0.39, 0.29) is 12.4 Å². The predicted molar refractivity (Wildman–Crippen MR) is 34.4 cm³/mol. The van der Waals surface area contributed by atoms with E-state index in [0.29, 0.717) is 19.6 Å². The molecule has 4 heteroatoms. The summed E-state index contributed by atoms with van der Waals surface area (Å²) in [5, 5.41) is 15.0. The minimum atomic E-state index is 0.0257. The van der Waals surface area contributed by atoms with Crippen LogP contribution in [-0.2, 0) is 4.74 Å². The van der Waals surface area contributed by atoms with Crippen molar-refractivity contribution < 1.29 is 9.84 Å². The van der Waals surface area contributed by atoms with Gasteiger partial charge < -0.3 is 15.6 Å². The van der Waals surface area contributed by atoms with Crippen molar-refractivity contribution >= 4 is 5.84 Å². The molecule has 0 aromatic carbocycles. The highest BCUT2D eigenvalue weighted by Gasteiger charge is 1.88. The van der Waals surface area contributed by atoms with Gasteiger partial charge in [-0.2, -0.15) is 0 Å². The van der Waals surface area contributed by atoms with Crippen molar-refractivity contribution in [2.24, 2.45) is 5.73 Å². The monoisotopic (exact) mass is 132 g/mol. The Bertz CT molecular complexity index is 85.0. The topological polar surface area (TPSA) is 79.3 Å². The zero-order valence-corrected chi connectivity index (χ0v) is 5.26. The van der Waals surface area contributed by atoms with Crippen LogP contribution in [0.5, 0.6) is 0 Å². The van der Waals surface area contributed by atoms with Crippen molar-refractivity contribution in [3.63, 3.8) is 0 Å². The number of amidine groups is 1. The maximum atomic E-state index is 8.22. The molecule has 0 saturated carbocycles. The average Bonchev–Trinajstić information content (AvgIpc) is 1.80. The van der Waals surface area contributed by atoms with E-state index >= 15 is 0 Å². The molecule has 0 atom stereocenters. The second kappa shape index (κ2) is 5.53. The molecule has 0 fully saturated rings. The highest BCUT2D eigenvalue weighted by atomic mass is 16.5. The van der Waals surface area contributed by atoms with Crippen molar-refractivity contribution in [1.29, 1.82) is 5.41 Å². The van der Waals surface area contributed by atoms with Gasteiger partial charge in [-0.1, -0.05) is 0 Å². The Balaban J connectivity index is 2.83. The van der Waals surface area contributed by atoms with E-state index < -0.39 is 0 Å². The van der Waals surface area contributed by atoms with E-state index in [9.17, 15) is 0 Å². The van der Waals surface area contributed by atoms with Gasteiger partial charge in [0.1, 0.15) is 0 Å². The van der Waals surface area contributed by atoms with Crippen LogP contribution in [0.3, 0.4) is 0 Å². The molecule has 0 bridgehead atoms. The van der Waals surface area contributed by atoms with Gasteiger partial charge >= 0.3 is 0 Å². The summed E-state index contributed by atoms with van der Waals surface area (Å²) in [4.78, 5) is 0. The van der Waals surface area contributed by atoms with Crippen LogP contribution in [0.4, 0.5) is 0 Å². The zero-order chi connectivity index (χ0) is 7.11. The first-order chi connectivity index (χ1) is 4.27. The van der Waals surface area contributed by atoms with E-state index in [4.69, 9.17) is 21.0 Å². The van der Waals surface area contributed by atoms with Crippen LogP contribution in [0.25, 0.3) is 0 Å². The largest absolute Gasteiger partial charge is 0.394 e. The van der Waals surface area contributed by atoms with Gasteiger partial charge in [0, 0.05) is 6.42 Å². The molecule has 0 saturated heterocycles. The standard InChI is InChI=1S/C5H12N2O2/c6-5(7)1-3-9-4-2-8/h8H,1-4H2,(H3,6,7). The Hall–Kier alpha value is -0.610. The molecule has 0 aliphatic rings. The predicted octanol–water partition coefficient (Wildman–Crippen LogP) is -0.679. The molecular weight excluding hydrogens is 120 g/mol. The summed E-state index contributed by atoms with van der Waals surface area (Å²) in [7, 11) is 0. The number of nitrogens with one attached hydrogen (secondary N) is 1. The third-order valence-electron chi connectivity index (χ3n) is 0.751. The number of ether oxygens (including phenoxy) is 1. The molecule has 0 aromatic rings. The second-order valence-corrected chi connectivity index (χ2v) is 1.61. The number of aliphatic hydroxyl groups excluding tert-OH is 1. The molecule has 0 heterocycles. The normalized spacial score (nSPS) is 9.44. The molecule has 0 aliphatic carbocycles. The summed E-state index contributed by atoms with van der Waals surface area (Å²) in [6.45, 7) is 0.779. The minimum Gasteiger partial charge on any atom is -0.394 e. The summed E-state index contributed by atoms with van der Waals surface area (Å²) in [5.74, 6) is 0.118. The van der Waals surface area contributed by atoms with E-state index in [1.807, 2.05) is 0 Å². The lowest BCUT2D eigenvalue weighted by molar-refractivity contribution is 0.0970. The maximum absolute atomic E-state index is 8.22. The fourth-order valence-electron chi connectivity index (χ4n) is 0.349. The summed E-state index contributed by atoms with van der Waals surface area (Å²) < 4.78 is 4.82. The Kier molecular flexibility index (Phi) is 5.15. The van der Waals surface area contributed by atoms with Crippen LogP contribution < -0.4 is 5.73 Å². The molecule has 54 valence electrons. The van der Waals surface area contributed by atoms with Gasteiger partial charge in [0.2, 0.25) is 0 Å². The molecule has 0 radical (unpaired) electrons. The molecule has 0 aromatic heterocycles. The smallest absolute Gasteiger partial charge is 0.0928 e. The summed E-state index contributed by atoms with van der Waals surface area (Å²) in [6, 6.07) is 0. The number of hydrogen-bond donors (Lipinski definition) is 3. The summed E-state index contributed by atoms with van der Waals surface area (Å²) in [6.07, 6.45) is 0.444. The van der Waals surface area contributed by atoms with Crippen molar-refractivity contribution in [1.82, 2.24) is 0 Å². The molecular formula is C5H12N2O2. The average molecular weight is 132 g/mol. The van der Waals surface area contributed by atoms with Gasteiger partial charge in [-0.05, 0) is 0 Å². The van der Waals surface area contributed by atoms with Crippen molar-refractivity contribution in [3.05, 3.63) is 0 Å². The molecule has 0 spiro atoms. The van der Waals surface area contributed by atoms with E-state index in [1.165, 1.54) is 0 Å². The van der Waals surface area contributed by atoms with Crippen LogP contribution in [0, 0.1) is 5.41 Å². The SMILES string of the molecule is N=C(N)CCOCCO. The van der Waals surface area contributed by atoms with Crippen LogP contribution in [-0.4, -0.2) is 30.8 Å². The molecule has 4 N–H and O–H groups in total. The fraction of sp³-hybridized carbons (Fsp3) is 0.800. The van der Waals surface area contributed by atoms with Crippen molar-refractivity contribution in [2.75, 3.05) is 19.8 Å². The van der Waals surface area contributed by atoms with Crippen LogP contribution in [0.15, 0.2) is 0 Å². The first-order valence-corrected chi connectivity index (χ1v) is 2.79. The quantitative estimate of drug-likeness (QED) is 0.263. The summed E-state index contributed by atoms with van der Waals surface area (Å²) in [5.41, 5.74) is 5.02. The highest BCUT2D eigenvalue weighted by Crippen LogP contribution is 1.79. The minimum absolute atomic E-state index is 0.0257. The molecule has 9 heavy (non-hydrogen) atoms. The lowest BCUT2D eigenvalue weighted by Gasteiger charge is -1.98. The number of nitrogens with two attached hydrogens (primary N) is 1. The number of hydrogen-bond acceptors (Lipinski definition) is 3. The van der Waals surface area contributed by atoms with E-state index in [2.05, 4.69) is 0 Å². The van der Waals surface area contributed by atoms with E-state index in [0.717, 1.165) is 0 Å². The maximum Gasteiger partial charge on any atom is 0.0928 e. The Morgan fingerprint density at radius 1 is 1.56 bits per heavy atom. The number of aliphatic hydroxyl groups is 1. The van der Waals surface area contributed by atoms with Crippen molar-refractivity contribution in [2.45, 2.75) is 6.42 Å². The third-order valence-corrected chi connectivity index (χ3v) is 0.751. The molecule has 0 rings (SSSR count). The third kappa shape index (κ3) is 7.39. The lowest BCUT2D eigenvalue weighted by atomic mass is 10.4. The Morgan fingerprint density at radius 2 is 2.22 bits per heavy atom. The van der Waals surface area contributed by atoms with Gasteiger partial charge in [0.15, 0.2) is 0 Å². The van der Waals surface area contributed by atoms with Crippen LogP contribution in [0.2, 0.25) is 0 Å². The first-order valence-electron chi connectivity index (χ1n) is 2.79. The Labute approximate surface area is 54.1 Å². The van der Waals surface area contributed by atoms with Crippen molar-refractivity contribution in [3.8, 4) is 0 Å². The second-order valence-electron chi connectivity index (χ2n) is 1.61. The van der Waals surface area contributed by atoms with Gasteiger partial charge in [-0.25, -0.2) is 0 Å². The van der Waals surface area contributed by atoms with Gasteiger partial charge in [0.25, 0.3) is 0 Å². The molecule has 0 amide bonds. The zero-order valence-electron chi connectivity index (χ0n) is 5.26. The van der Waals surface area contributed by atoms with Gasteiger partial charge in [-0.15, -0.1) is 0 Å². The first kappa shape index (κ1) is 8.39.